The number of carbonyl (C=O) groups excluding carboxylic acids is 1. The van der Waals surface area contributed by atoms with E-state index in [4.69, 9.17) is 0 Å². The highest BCUT2D eigenvalue weighted by Crippen LogP contribution is 2.09. The summed E-state index contributed by atoms with van der Waals surface area (Å²) in [5.41, 5.74) is 1.95. The van der Waals surface area contributed by atoms with E-state index in [0.29, 0.717) is 39.0 Å². The molecule has 0 unspecified atom stereocenters. The maximum atomic E-state index is 12.7. The van der Waals surface area contributed by atoms with Crippen molar-refractivity contribution in [1.29, 1.82) is 0 Å². The first kappa shape index (κ1) is 17.3. The van der Waals surface area contributed by atoms with Crippen molar-refractivity contribution >= 4 is 5.91 Å². The summed E-state index contributed by atoms with van der Waals surface area (Å²) in [5, 5.41) is 4.51. The molecule has 1 aromatic heterocycles. The van der Waals surface area contributed by atoms with Gasteiger partial charge in [0.2, 0.25) is 5.91 Å². The van der Waals surface area contributed by atoms with Crippen LogP contribution in [-0.4, -0.2) is 38.2 Å². The van der Waals surface area contributed by atoms with E-state index in [1.165, 1.54) is 4.68 Å². The molecule has 6 nitrogen and oxygen atoms in total. The van der Waals surface area contributed by atoms with Crippen LogP contribution in [0, 0.1) is 0 Å². The van der Waals surface area contributed by atoms with E-state index in [-0.39, 0.29) is 11.6 Å². The number of fused-ring (bicyclic) bond motifs is 1. The SMILES string of the molecule is O=C(Cc1ccccc1)N1CCc2nn(Cc3ccccc3)c(=O)n2CC1. The van der Waals surface area contributed by atoms with Gasteiger partial charge in [-0.25, -0.2) is 9.48 Å². The van der Waals surface area contributed by atoms with Gasteiger partial charge in [0.15, 0.2) is 0 Å². The summed E-state index contributed by atoms with van der Waals surface area (Å²) in [5.74, 6) is 0.850. The van der Waals surface area contributed by atoms with Crippen LogP contribution in [0.25, 0.3) is 0 Å². The predicted octanol–water partition coefficient (Wildman–Crippen LogP) is 1.72. The Hall–Kier alpha value is -3.15. The maximum Gasteiger partial charge on any atom is 0.346 e. The van der Waals surface area contributed by atoms with Crippen molar-refractivity contribution in [2.45, 2.75) is 25.9 Å². The van der Waals surface area contributed by atoms with Crippen LogP contribution < -0.4 is 5.69 Å². The average molecular weight is 362 g/mol. The molecule has 0 bridgehead atoms. The third kappa shape index (κ3) is 3.84. The average Bonchev–Trinajstić information content (AvgIpc) is 2.86. The lowest BCUT2D eigenvalue weighted by Crippen LogP contribution is -2.36. The number of hydrogen-bond donors (Lipinski definition) is 0. The fourth-order valence-corrected chi connectivity index (χ4v) is 3.45. The molecule has 3 aromatic rings. The van der Waals surface area contributed by atoms with Crippen LogP contribution in [0.4, 0.5) is 0 Å². The molecule has 0 atom stereocenters. The molecule has 0 spiro atoms. The molecule has 2 aromatic carbocycles. The number of benzene rings is 2. The molecule has 1 aliphatic rings. The highest BCUT2D eigenvalue weighted by atomic mass is 16.2. The van der Waals surface area contributed by atoms with E-state index in [0.717, 1.165) is 17.0 Å². The molecule has 1 aliphatic heterocycles. The van der Waals surface area contributed by atoms with E-state index in [9.17, 15) is 9.59 Å². The summed E-state index contributed by atoms with van der Waals surface area (Å²) in [6.07, 6.45) is 0.985. The molecule has 0 saturated carbocycles. The van der Waals surface area contributed by atoms with E-state index < -0.39 is 0 Å². The third-order valence-electron chi connectivity index (χ3n) is 4.92. The van der Waals surface area contributed by atoms with Crippen LogP contribution in [0.3, 0.4) is 0 Å². The zero-order valence-corrected chi connectivity index (χ0v) is 15.1. The van der Waals surface area contributed by atoms with Crippen molar-refractivity contribution in [2.75, 3.05) is 13.1 Å². The Morgan fingerprint density at radius 3 is 2.26 bits per heavy atom. The quantitative estimate of drug-likeness (QED) is 0.710. The van der Waals surface area contributed by atoms with Crippen molar-refractivity contribution < 1.29 is 4.79 Å². The van der Waals surface area contributed by atoms with E-state index in [1.54, 1.807) is 4.57 Å². The minimum Gasteiger partial charge on any atom is -0.340 e. The first-order valence-corrected chi connectivity index (χ1v) is 9.23. The molecular weight excluding hydrogens is 340 g/mol. The number of rotatable bonds is 4. The Bertz CT molecular complexity index is 976. The van der Waals surface area contributed by atoms with Gasteiger partial charge >= 0.3 is 5.69 Å². The van der Waals surface area contributed by atoms with Crippen LogP contribution in [0.1, 0.15) is 17.0 Å². The molecule has 0 saturated heterocycles. The van der Waals surface area contributed by atoms with Crippen LogP contribution in [0.15, 0.2) is 65.5 Å². The van der Waals surface area contributed by atoms with Gasteiger partial charge in [-0.3, -0.25) is 9.36 Å². The lowest BCUT2D eigenvalue weighted by molar-refractivity contribution is -0.130. The molecule has 6 heteroatoms. The lowest BCUT2D eigenvalue weighted by Gasteiger charge is -2.20. The number of carbonyl (C=O) groups is 1. The van der Waals surface area contributed by atoms with E-state index in [1.807, 2.05) is 65.6 Å². The molecular formula is C21H22N4O2. The third-order valence-corrected chi connectivity index (χ3v) is 4.92. The number of aromatic nitrogens is 3. The van der Waals surface area contributed by atoms with Crippen LogP contribution in [0.2, 0.25) is 0 Å². The summed E-state index contributed by atoms with van der Waals surface area (Å²) < 4.78 is 3.23. The molecule has 0 radical (unpaired) electrons. The Morgan fingerprint density at radius 2 is 1.56 bits per heavy atom. The zero-order chi connectivity index (χ0) is 18.6. The molecule has 0 fully saturated rings. The van der Waals surface area contributed by atoms with Crippen molar-refractivity contribution in [3.8, 4) is 0 Å². The molecule has 0 aliphatic carbocycles. The highest BCUT2D eigenvalue weighted by Gasteiger charge is 2.22. The van der Waals surface area contributed by atoms with Crippen molar-refractivity contribution in [2.24, 2.45) is 0 Å². The van der Waals surface area contributed by atoms with Crippen molar-refractivity contribution in [3.05, 3.63) is 88.1 Å². The molecule has 138 valence electrons. The predicted molar refractivity (Wildman–Crippen MR) is 102 cm³/mol. The first-order valence-electron chi connectivity index (χ1n) is 9.23. The summed E-state index contributed by atoms with van der Waals surface area (Å²) in [6.45, 7) is 2.09. The van der Waals surface area contributed by atoms with Gasteiger partial charge in [0.25, 0.3) is 0 Å². The fraction of sp³-hybridized carbons (Fsp3) is 0.286. The van der Waals surface area contributed by atoms with Crippen LogP contribution >= 0.6 is 0 Å². The summed E-state index contributed by atoms with van der Waals surface area (Å²) in [4.78, 5) is 27.1. The van der Waals surface area contributed by atoms with Gasteiger partial charge in [0.1, 0.15) is 5.82 Å². The molecule has 2 heterocycles. The van der Waals surface area contributed by atoms with Gasteiger partial charge in [-0.2, -0.15) is 5.10 Å². The van der Waals surface area contributed by atoms with Gasteiger partial charge in [0, 0.05) is 26.1 Å². The minimum absolute atomic E-state index is 0.0940. The second kappa shape index (κ2) is 7.61. The summed E-state index contributed by atoms with van der Waals surface area (Å²) >= 11 is 0. The standard InChI is InChI=1S/C21H22N4O2/c26-20(15-17-7-3-1-4-8-17)23-12-11-19-22-25(21(27)24(19)14-13-23)16-18-9-5-2-6-10-18/h1-10H,11-16H2. The summed E-state index contributed by atoms with van der Waals surface area (Å²) in [7, 11) is 0. The topological polar surface area (TPSA) is 60.1 Å². The second-order valence-electron chi connectivity index (χ2n) is 6.79. The van der Waals surface area contributed by atoms with Crippen LogP contribution in [-0.2, 0) is 30.7 Å². The number of nitrogens with zero attached hydrogens (tertiary/aromatic N) is 4. The Kier molecular flexibility index (Phi) is 4.87. The first-order chi connectivity index (χ1) is 13.2. The Morgan fingerprint density at radius 1 is 0.889 bits per heavy atom. The normalized spacial score (nSPS) is 13.9. The lowest BCUT2D eigenvalue weighted by atomic mass is 10.1. The van der Waals surface area contributed by atoms with Crippen molar-refractivity contribution in [3.63, 3.8) is 0 Å². The molecule has 4 rings (SSSR count). The Balaban J connectivity index is 1.45. The number of hydrogen-bond acceptors (Lipinski definition) is 3. The van der Waals surface area contributed by atoms with Crippen molar-refractivity contribution in [1.82, 2.24) is 19.2 Å². The van der Waals surface area contributed by atoms with Gasteiger partial charge in [-0.1, -0.05) is 60.7 Å². The molecule has 27 heavy (non-hydrogen) atoms. The van der Waals surface area contributed by atoms with Crippen LogP contribution in [0.5, 0.6) is 0 Å². The monoisotopic (exact) mass is 362 g/mol. The van der Waals surface area contributed by atoms with Gasteiger partial charge in [0.05, 0.1) is 13.0 Å². The number of amides is 1. The van der Waals surface area contributed by atoms with Gasteiger partial charge in [-0.15, -0.1) is 0 Å². The minimum atomic E-state index is -0.105. The molecule has 0 N–H and O–H groups in total. The Labute approximate surface area is 157 Å². The molecule has 1 amide bonds. The maximum absolute atomic E-state index is 12.7. The smallest absolute Gasteiger partial charge is 0.340 e. The largest absolute Gasteiger partial charge is 0.346 e. The van der Waals surface area contributed by atoms with Gasteiger partial charge < -0.3 is 4.90 Å². The highest BCUT2D eigenvalue weighted by molar-refractivity contribution is 5.78. The van der Waals surface area contributed by atoms with E-state index in [2.05, 4.69) is 5.10 Å². The fourth-order valence-electron chi connectivity index (χ4n) is 3.45. The van der Waals surface area contributed by atoms with Gasteiger partial charge in [-0.05, 0) is 11.1 Å². The summed E-state index contributed by atoms with van der Waals surface area (Å²) in [6, 6.07) is 19.6. The van der Waals surface area contributed by atoms with E-state index >= 15 is 0 Å². The second-order valence-corrected chi connectivity index (χ2v) is 6.79. The zero-order valence-electron chi connectivity index (χ0n) is 15.1.